The molecule has 22 heavy (non-hydrogen) atoms. The fourth-order valence-electron chi connectivity index (χ4n) is 2.16. The average Bonchev–Trinajstić information content (AvgIpc) is 3.02. The van der Waals surface area contributed by atoms with Crippen molar-refractivity contribution in [3.63, 3.8) is 0 Å². The van der Waals surface area contributed by atoms with Gasteiger partial charge >= 0.3 is 0 Å². The molecule has 2 aromatic heterocycles. The highest BCUT2D eigenvalue weighted by Crippen LogP contribution is 2.30. The molecule has 2 heterocycles. The summed E-state index contributed by atoms with van der Waals surface area (Å²) in [7, 11) is 0. The molecule has 0 fully saturated rings. The molecule has 0 aliphatic carbocycles. The summed E-state index contributed by atoms with van der Waals surface area (Å²) in [6.45, 7) is 3.53. The number of fused-ring (bicyclic) bond motifs is 1. The van der Waals surface area contributed by atoms with Gasteiger partial charge in [0.15, 0.2) is 0 Å². The lowest BCUT2D eigenvalue weighted by atomic mass is 10.1. The van der Waals surface area contributed by atoms with Gasteiger partial charge in [0.2, 0.25) is 5.89 Å². The van der Waals surface area contributed by atoms with Gasteiger partial charge < -0.3 is 19.3 Å². The number of benzene rings is 1. The van der Waals surface area contributed by atoms with Gasteiger partial charge in [-0.3, -0.25) is 0 Å². The monoisotopic (exact) mass is 314 g/mol. The molecule has 0 radical (unpaired) electrons. The maximum absolute atomic E-state index is 11.4. The molecule has 3 rings (SSSR count). The molecule has 3 aromatic rings. The molecule has 0 aliphatic heterocycles. The van der Waals surface area contributed by atoms with Crippen LogP contribution in [0.1, 0.15) is 17.1 Å². The first-order chi connectivity index (χ1) is 10.5. The molecule has 1 aromatic carbocycles. The number of H-pyrrole nitrogens is 1. The smallest absolute Gasteiger partial charge is 0.281 e. The predicted molar refractivity (Wildman–Crippen MR) is 80.9 cm³/mol. The molecule has 0 atom stereocenters. The topological polar surface area (TPSA) is 94.8 Å². The number of aromatic nitrogens is 3. The van der Waals surface area contributed by atoms with E-state index in [1.165, 1.54) is 0 Å². The van der Waals surface area contributed by atoms with Crippen LogP contribution in [-0.2, 0) is 4.79 Å². The minimum Gasteiger partial charge on any atom is -0.544 e. The number of aryl methyl sites for hydroxylation is 2. The highest BCUT2D eigenvalue weighted by Gasteiger charge is 2.12. The van der Waals surface area contributed by atoms with Crippen LogP contribution in [0, 0.1) is 13.8 Å². The van der Waals surface area contributed by atoms with Crippen LogP contribution in [0.5, 0.6) is 0 Å². The first-order valence-electron chi connectivity index (χ1n) is 6.53. The van der Waals surface area contributed by atoms with Crippen LogP contribution in [-0.4, -0.2) is 21.2 Å². The summed E-state index contributed by atoms with van der Waals surface area (Å²) < 4.78 is 5.20. The van der Waals surface area contributed by atoms with Gasteiger partial charge in [0, 0.05) is 34.0 Å². The summed E-state index contributed by atoms with van der Waals surface area (Å²) in [6, 6.07) is 7.69. The quantitative estimate of drug-likeness (QED) is 0.585. The SMILES string of the molecule is Cc1nnc(S/C(=C\c2c(C)[nH]c3ccccc23)C(=O)[O-])o1. The van der Waals surface area contributed by atoms with Crippen molar-refractivity contribution in [1.82, 2.24) is 15.2 Å². The van der Waals surface area contributed by atoms with E-state index >= 15 is 0 Å². The highest BCUT2D eigenvalue weighted by atomic mass is 32.2. The first kappa shape index (κ1) is 14.4. The third-order valence-electron chi connectivity index (χ3n) is 3.12. The minimum absolute atomic E-state index is 0.0107. The zero-order chi connectivity index (χ0) is 15.7. The van der Waals surface area contributed by atoms with Crippen molar-refractivity contribution >= 4 is 34.7 Å². The molecule has 6 nitrogen and oxygen atoms in total. The van der Waals surface area contributed by atoms with E-state index in [1.54, 1.807) is 13.0 Å². The zero-order valence-corrected chi connectivity index (χ0v) is 12.7. The third kappa shape index (κ3) is 2.75. The largest absolute Gasteiger partial charge is 0.544 e. The van der Waals surface area contributed by atoms with Crippen LogP contribution in [0.3, 0.4) is 0 Å². The molecular formula is C15H12N3O3S-. The van der Waals surface area contributed by atoms with Crippen LogP contribution >= 0.6 is 11.8 Å². The van der Waals surface area contributed by atoms with Crippen LogP contribution in [0.15, 0.2) is 38.8 Å². The second-order valence-corrected chi connectivity index (χ2v) is 5.69. The Kier molecular flexibility index (Phi) is 3.72. The van der Waals surface area contributed by atoms with Crippen molar-refractivity contribution in [3.05, 3.63) is 46.3 Å². The van der Waals surface area contributed by atoms with Gasteiger partial charge in [0.1, 0.15) is 0 Å². The van der Waals surface area contributed by atoms with Gasteiger partial charge in [-0.25, -0.2) is 0 Å². The van der Waals surface area contributed by atoms with Crippen molar-refractivity contribution in [3.8, 4) is 0 Å². The second-order valence-electron chi connectivity index (χ2n) is 4.69. The first-order valence-corrected chi connectivity index (χ1v) is 7.34. The second kappa shape index (κ2) is 5.69. The summed E-state index contributed by atoms with van der Waals surface area (Å²) in [5, 5.41) is 20.0. The summed E-state index contributed by atoms with van der Waals surface area (Å²) in [5.41, 5.74) is 2.63. The van der Waals surface area contributed by atoms with Crippen molar-refractivity contribution in [1.29, 1.82) is 0 Å². The fraction of sp³-hybridized carbons (Fsp3) is 0.133. The van der Waals surface area contributed by atoms with E-state index in [1.807, 2.05) is 31.2 Å². The number of carboxylic acid groups (broad SMARTS) is 1. The lowest BCUT2D eigenvalue weighted by Crippen LogP contribution is -2.23. The number of nitrogens with one attached hydrogen (secondary N) is 1. The molecule has 1 N–H and O–H groups in total. The Hall–Kier alpha value is -2.54. The lowest BCUT2D eigenvalue weighted by molar-refractivity contribution is -0.298. The van der Waals surface area contributed by atoms with Gasteiger partial charge in [-0.05, 0) is 30.8 Å². The number of thioether (sulfide) groups is 1. The van der Waals surface area contributed by atoms with Gasteiger partial charge in [0.25, 0.3) is 5.22 Å². The molecule has 0 unspecified atom stereocenters. The van der Waals surface area contributed by atoms with Crippen molar-refractivity contribution in [2.75, 3.05) is 0 Å². The number of carbonyl (C=O) groups is 1. The predicted octanol–water partition coefficient (Wildman–Crippen LogP) is 2.05. The Bertz CT molecular complexity index is 879. The fourth-order valence-corrected chi connectivity index (χ4v) is 2.85. The molecule has 0 amide bonds. The molecule has 0 aliphatic rings. The Morgan fingerprint density at radius 2 is 2.09 bits per heavy atom. The molecular weight excluding hydrogens is 302 g/mol. The highest BCUT2D eigenvalue weighted by molar-refractivity contribution is 8.03. The van der Waals surface area contributed by atoms with Crippen LogP contribution < -0.4 is 5.11 Å². The van der Waals surface area contributed by atoms with Crippen molar-refractivity contribution in [2.45, 2.75) is 19.1 Å². The van der Waals surface area contributed by atoms with E-state index < -0.39 is 5.97 Å². The van der Waals surface area contributed by atoms with E-state index in [4.69, 9.17) is 4.42 Å². The van der Waals surface area contributed by atoms with Gasteiger partial charge in [0.05, 0.1) is 5.97 Å². The van der Waals surface area contributed by atoms with Gasteiger partial charge in [-0.2, -0.15) is 0 Å². The van der Waals surface area contributed by atoms with Crippen LogP contribution in [0.4, 0.5) is 0 Å². The average molecular weight is 314 g/mol. The normalized spacial score (nSPS) is 12.0. The minimum atomic E-state index is -1.29. The standard InChI is InChI=1S/C15H13N3O3S/c1-8-11(10-5-3-4-6-12(10)16-8)7-13(14(19)20)22-15-18-17-9(2)21-15/h3-7,16H,1-2H3,(H,19,20)/p-1/b13-7-. The van der Waals surface area contributed by atoms with Crippen LogP contribution in [0.25, 0.3) is 17.0 Å². The lowest BCUT2D eigenvalue weighted by Gasteiger charge is -2.05. The molecule has 112 valence electrons. The third-order valence-corrected chi connectivity index (χ3v) is 3.97. The van der Waals surface area contributed by atoms with E-state index in [-0.39, 0.29) is 10.1 Å². The number of rotatable bonds is 4. The van der Waals surface area contributed by atoms with E-state index in [2.05, 4.69) is 15.2 Å². The summed E-state index contributed by atoms with van der Waals surface area (Å²) in [6.07, 6.45) is 1.56. The number of nitrogens with zero attached hydrogens (tertiary/aromatic N) is 2. The van der Waals surface area contributed by atoms with Crippen LogP contribution in [0.2, 0.25) is 0 Å². The summed E-state index contributed by atoms with van der Waals surface area (Å²) in [5.74, 6) is -0.908. The number of hydrogen-bond acceptors (Lipinski definition) is 6. The van der Waals surface area contributed by atoms with E-state index in [0.29, 0.717) is 5.89 Å². The molecule has 0 saturated carbocycles. The Labute approximate surface area is 130 Å². The molecule has 0 bridgehead atoms. The zero-order valence-electron chi connectivity index (χ0n) is 11.9. The Morgan fingerprint density at radius 1 is 1.32 bits per heavy atom. The molecule has 7 heteroatoms. The Balaban J connectivity index is 2.05. The van der Waals surface area contributed by atoms with Crippen molar-refractivity contribution < 1.29 is 14.3 Å². The molecule has 0 spiro atoms. The van der Waals surface area contributed by atoms with E-state index in [0.717, 1.165) is 33.9 Å². The number of carboxylic acids is 1. The van der Waals surface area contributed by atoms with E-state index in [9.17, 15) is 9.90 Å². The summed E-state index contributed by atoms with van der Waals surface area (Å²) in [4.78, 5) is 14.6. The molecule has 0 saturated heterocycles. The number of para-hydroxylation sites is 1. The van der Waals surface area contributed by atoms with Gasteiger partial charge in [-0.15, -0.1) is 10.2 Å². The maximum atomic E-state index is 11.4. The number of hydrogen-bond donors (Lipinski definition) is 1. The maximum Gasteiger partial charge on any atom is 0.281 e. The summed E-state index contributed by atoms with van der Waals surface area (Å²) >= 11 is 0.878. The number of carbonyl (C=O) groups excluding carboxylic acids is 1. The number of aliphatic carboxylic acids is 1. The van der Waals surface area contributed by atoms with Gasteiger partial charge in [-0.1, -0.05) is 18.2 Å². The van der Waals surface area contributed by atoms with Crippen molar-refractivity contribution in [2.24, 2.45) is 0 Å². The number of aromatic amines is 1. The Morgan fingerprint density at radius 3 is 2.77 bits per heavy atom.